The third kappa shape index (κ3) is 2.34. The summed E-state index contributed by atoms with van der Waals surface area (Å²) in [7, 11) is -3.68. The minimum atomic E-state index is -3.68. The molecular weight excluding hydrogens is 264 g/mol. The minimum Gasteiger partial charge on any atom is -0.480 e. The Labute approximate surface area is 103 Å². The summed E-state index contributed by atoms with van der Waals surface area (Å²) in [6.07, 6.45) is 0. The van der Waals surface area contributed by atoms with E-state index in [2.05, 4.69) is 5.32 Å². The molecule has 1 aromatic rings. The number of nitrogens with zero attached hydrogens (tertiary/aromatic N) is 1. The molecule has 2 N–H and O–H groups in total. The van der Waals surface area contributed by atoms with E-state index in [9.17, 15) is 13.2 Å². The maximum atomic E-state index is 12.2. The van der Waals surface area contributed by atoms with Crippen LogP contribution >= 0.6 is 11.3 Å². The molecule has 8 heteroatoms. The summed E-state index contributed by atoms with van der Waals surface area (Å²) in [6, 6.07) is 2.09. The quantitative estimate of drug-likeness (QED) is 0.798. The molecule has 0 aromatic carbocycles. The summed E-state index contributed by atoms with van der Waals surface area (Å²) in [5.74, 6) is -1.13. The average molecular weight is 276 g/mol. The number of hydrogen-bond donors (Lipinski definition) is 2. The monoisotopic (exact) mass is 276 g/mol. The number of sulfonamides is 1. The van der Waals surface area contributed by atoms with Gasteiger partial charge in [-0.1, -0.05) is 6.07 Å². The van der Waals surface area contributed by atoms with Crippen LogP contribution in [0.2, 0.25) is 0 Å². The van der Waals surface area contributed by atoms with Crippen molar-refractivity contribution in [1.82, 2.24) is 9.62 Å². The number of carboxylic acid groups (broad SMARTS) is 1. The van der Waals surface area contributed by atoms with E-state index >= 15 is 0 Å². The molecule has 94 valence electrons. The number of rotatable bonds is 3. The fraction of sp³-hybridized carbons (Fsp3) is 0.444. The van der Waals surface area contributed by atoms with Crippen molar-refractivity contribution in [3.63, 3.8) is 0 Å². The highest BCUT2D eigenvalue weighted by Gasteiger charge is 2.37. The molecule has 0 aliphatic carbocycles. The predicted molar refractivity (Wildman–Crippen MR) is 62.5 cm³/mol. The molecule has 2 rings (SSSR count). The molecule has 0 unspecified atom stereocenters. The van der Waals surface area contributed by atoms with Gasteiger partial charge in [0, 0.05) is 19.6 Å². The highest BCUT2D eigenvalue weighted by molar-refractivity contribution is 7.91. The lowest BCUT2D eigenvalue weighted by Crippen LogP contribution is -2.56. The van der Waals surface area contributed by atoms with E-state index in [0.717, 1.165) is 15.6 Å². The molecule has 17 heavy (non-hydrogen) atoms. The summed E-state index contributed by atoms with van der Waals surface area (Å²) in [5, 5.41) is 13.6. The molecule has 0 bridgehead atoms. The number of aliphatic carboxylic acids is 1. The third-order valence-electron chi connectivity index (χ3n) is 2.54. The van der Waals surface area contributed by atoms with E-state index in [-0.39, 0.29) is 17.3 Å². The van der Waals surface area contributed by atoms with Gasteiger partial charge in [-0.25, -0.2) is 8.42 Å². The highest BCUT2D eigenvalue weighted by Crippen LogP contribution is 2.23. The molecule has 0 spiro atoms. The van der Waals surface area contributed by atoms with Gasteiger partial charge < -0.3 is 10.4 Å². The van der Waals surface area contributed by atoms with Gasteiger partial charge in [0.05, 0.1) is 0 Å². The number of thiophene rings is 1. The van der Waals surface area contributed by atoms with Crippen molar-refractivity contribution >= 4 is 27.3 Å². The lowest BCUT2D eigenvalue weighted by Gasteiger charge is -2.31. The first-order valence-corrected chi connectivity index (χ1v) is 7.34. The third-order valence-corrected chi connectivity index (χ3v) is 5.82. The van der Waals surface area contributed by atoms with Crippen molar-refractivity contribution in [3.8, 4) is 0 Å². The van der Waals surface area contributed by atoms with Gasteiger partial charge in [-0.05, 0) is 11.4 Å². The van der Waals surface area contributed by atoms with Gasteiger partial charge in [0.15, 0.2) is 0 Å². The van der Waals surface area contributed by atoms with Gasteiger partial charge in [-0.2, -0.15) is 4.31 Å². The number of carboxylic acids is 1. The molecule has 1 aromatic heterocycles. The zero-order valence-corrected chi connectivity index (χ0v) is 10.5. The van der Waals surface area contributed by atoms with Crippen LogP contribution in [0.25, 0.3) is 0 Å². The van der Waals surface area contributed by atoms with Crippen molar-refractivity contribution in [1.29, 1.82) is 0 Å². The molecule has 1 atom stereocenters. The Balaban J connectivity index is 2.34. The van der Waals surface area contributed by atoms with Crippen molar-refractivity contribution in [2.45, 2.75) is 10.3 Å². The van der Waals surface area contributed by atoms with Crippen LogP contribution in [0.4, 0.5) is 0 Å². The fourth-order valence-corrected chi connectivity index (χ4v) is 4.41. The Morgan fingerprint density at radius 3 is 2.94 bits per heavy atom. The van der Waals surface area contributed by atoms with Gasteiger partial charge in [-0.15, -0.1) is 11.3 Å². The largest absolute Gasteiger partial charge is 0.480 e. The molecular formula is C9H12N2O4S2. The van der Waals surface area contributed by atoms with Crippen LogP contribution in [-0.4, -0.2) is 49.5 Å². The molecule has 2 heterocycles. The van der Waals surface area contributed by atoms with E-state index in [1.165, 1.54) is 6.07 Å². The second kappa shape index (κ2) is 4.73. The van der Waals surface area contributed by atoms with E-state index in [1.54, 1.807) is 11.4 Å². The number of hydrogen-bond acceptors (Lipinski definition) is 5. The molecule has 0 saturated carbocycles. The lowest BCUT2D eigenvalue weighted by atomic mass is 10.2. The van der Waals surface area contributed by atoms with E-state index in [4.69, 9.17) is 5.11 Å². The molecule has 0 amide bonds. The van der Waals surface area contributed by atoms with E-state index in [1.807, 2.05) is 0 Å². The average Bonchev–Trinajstić information content (AvgIpc) is 2.83. The summed E-state index contributed by atoms with van der Waals surface area (Å²) < 4.78 is 25.7. The summed E-state index contributed by atoms with van der Waals surface area (Å²) >= 11 is 1.09. The van der Waals surface area contributed by atoms with Crippen LogP contribution < -0.4 is 5.32 Å². The van der Waals surface area contributed by atoms with Crippen LogP contribution in [-0.2, 0) is 14.8 Å². The van der Waals surface area contributed by atoms with Crippen molar-refractivity contribution in [3.05, 3.63) is 17.5 Å². The fourth-order valence-electron chi connectivity index (χ4n) is 1.71. The van der Waals surface area contributed by atoms with Crippen LogP contribution in [0.3, 0.4) is 0 Å². The number of carbonyl (C=O) groups is 1. The minimum absolute atomic E-state index is 0.139. The zero-order valence-electron chi connectivity index (χ0n) is 8.87. The van der Waals surface area contributed by atoms with Crippen LogP contribution in [0.5, 0.6) is 0 Å². The summed E-state index contributed by atoms with van der Waals surface area (Å²) in [5.41, 5.74) is 0. The molecule has 1 aliphatic heterocycles. The maximum absolute atomic E-state index is 12.2. The van der Waals surface area contributed by atoms with Gasteiger partial charge >= 0.3 is 5.97 Å². The van der Waals surface area contributed by atoms with Gasteiger partial charge in [0.25, 0.3) is 10.0 Å². The van der Waals surface area contributed by atoms with Crippen molar-refractivity contribution in [2.75, 3.05) is 19.6 Å². The highest BCUT2D eigenvalue weighted by atomic mass is 32.2. The first kappa shape index (κ1) is 12.5. The molecule has 1 fully saturated rings. The Bertz CT molecular complexity index is 497. The number of piperazine rings is 1. The number of nitrogens with one attached hydrogen (secondary N) is 1. The van der Waals surface area contributed by atoms with Gasteiger partial charge in [0.2, 0.25) is 0 Å². The van der Waals surface area contributed by atoms with Crippen molar-refractivity contribution < 1.29 is 18.3 Å². The smallest absolute Gasteiger partial charge is 0.323 e. The van der Waals surface area contributed by atoms with E-state index in [0.29, 0.717) is 6.54 Å². The van der Waals surface area contributed by atoms with Crippen LogP contribution in [0.1, 0.15) is 0 Å². The SMILES string of the molecule is O=C(O)[C@H]1CNCCN1S(=O)(=O)c1cccs1. The second-order valence-electron chi connectivity index (χ2n) is 3.61. The topological polar surface area (TPSA) is 86.7 Å². The van der Waals surface area contributed by atoms with Crippen molar-refractivity contribution in [2.24, 2.45) is 0 Å². The predicted octanol–water partition coefficient (Wildman–Crippen LogP) is -0.205. The van der Waals surface area contributed by atoms with Gasteiger partial charge in [0.1, 0.15) is 10.3 Å². The molecule has 1 aliphatic rings. The van der Waals surface area contributed by atoms with E-state index < -0.39 is 22.0 Å². The first-order valence-electron chi connectivity index (χ1n) is 5.02. The Morgan fingerprint density at radius 1 is 1.59 bits per heavy atom. The Morgan fingerprint density at radius 2 is 2.35 bits per heavy atom. The summed E-state index contributed by atoms with van der Waals surface area (Å²) in [6.45, 7) is 0.783. The summed E-state index contributed by atoms with van der Waals surface area (Å²) in [4.78, 5) is 11.0. The molecule has 1 saturated heterocycles. The molecule has 0 radical (unpaired) electrons. The normalized spacial score (nSPS) is 22.5. The Kier molecular flexibility index (Phi) is 3.48. The van der Waals surface area contributed by atoms with Crippen LogP contribution in [0.15, 0.2) is 21.7 Å². The lowest BCUT2D eigenvalue weighted by molar-refractivity contribution is -0.141. The van der Waals surface area contributed by atoms with Crippen LogP contribution in [0, 0.1) is 0 Å². The standard InChI is InChI=1S/C9H12N2O4S2/c12-9(13)7-6-10-3-4-11(7)17(14,15)8-2-1-5-16-8/h1-2,5,7,10H,3-4,6H2,(H,12,13)/t7-/m1/s1. The van der Waals surface area contributed by atoms with Gasteiger partial charge in [-0.3, -0.25) is 4.79 Å². The Hall–Kier alpha value is -0.960. The zero-order chi connectivity index (χ0) is 12.5. The first-order chi connectivity index (χ1) is 8.03. The molecule has 6 nitrogen and oxygen atoms in total. The second-order valence-corrected chi connectivity index (χ2v) is 6.67. The maximum Gasteiger partial charge on any atom is 0.323 e.